The molecule has 3 atom stereocenters. The van der Waals surface area contributed by atoms with E-state index in [9.17, 15) is 0 Å². The molecule has 0 spiro atoms. The van der Waals surface area contributed by atoms with Crippen LogP contribution in [0.25, 0.3) is 0 Å². The van der Waals surface area contributed by atoms with E-state index in [1.165, 1.54) is 21.5 Å². The standard InChI is InChI=1S/C16H25BrN2S/c1-5-18-11(2)15-7-6-14(10-16(15)17)19-8-9-20-13(4)12(19)3/h6-7,10-13,18H,5,8-9H2,1-4H3. The molecule has 0 radical (unpaired) electrons. The molecule has 0 amide bonds. The van der Waals surface area contributed by atoms with Crippen LogP contribution in [-0.2, 0) is 0 Å². The second-order valence-electron chi connectivity index (χ2n) is 5.50. The average molecular weight is 357 g/mol. The molecule has 1 heterocycles. The zero-order valence-corrected chi connectivity index (χ0v) is 15.2. The Hall–Kier alpha value is -0.190. The first kappa shape index (κ1) is 16.2. The molecule has 1 saturated heterocycles. The molecule has 1 aromatic rings. The summed E-state index contributed by atoms with van der Waals surface area (Å²) in [7, 11) is 0. The van der Waals surface area contributed by atoms with Crippen molar-refractivity contribution in [3.63, 3.8) is 0 Å². The van der Waals surface area contributed by atoms with Gasteiger partial charge in [-0.15, -0.1) is 0 Å². The van der Waals surface area contributed by atoms with Gasteiger partial charge in [0.2, 0.25) is 0 Å². The third-order valence-electron chi connectivity index (χ3n) is 4.18. The molecular formula is C16H25BrN2S. The molecule has 0 aromatic heterocycles. The Labute approximate surface area is 135 Å². The maximum Gasteiger partial charge on any atom is 0.0380 e. The average Bonchev–Trinajstić information content (AvgIpc) is 2.42. The number of halogens is 1. The third kappa shape index (κ3) is 3.52. The van der Waals surface area contributed by atoms with E-state index in [0.29, 0.717) is 17.3 Å². The second-order valence-corrected chi connectivity index (χ2v) is 7.83. The minimum atomic E-state index is 0.386. The van der Waals surface area contributed by atoms with Gasteiger partial charge in [0.15, 0.2) is 0 Å². The van der Waals surface area contributed by atoms with Crippen LogP contribution in [0.1, 0.15) is 39.3 Å². The molecule has 20 heavy (non-hydrogen) atoms. The Morgan fingerprint density at radius 1 is 1.45 bits per heavy atom. The van der Waals surface area contributed by atoms with Crippen molar-refractivity contribution in [1.82, 2.24) is 5.32 Å². The van der Waals surface area contributed by atoms with E-state index in [-0.39, 0.29) is 0 Å². The molecule has 3 unspecified atom stereocenters. The van der Waals surface area contributed by atoms with Crippen LogP contribution in [0.2, 0.25) is 0 Å². The Balaban J connectivity index is 2.20. The van der Waals surface area contributed by atoms with Crippen molar-refractivity contribution >= 4 is 33.4 Å². The van der Waals surface area contributed by atoms with Gasteiger partial charge in [0.1, 0.15) is 0 Å². The van der Waals surface area contributed by atoms with E-state index in [2.05, 4.69) is 83.8 Å². The van der Waals surface area contributed by atoms with Crippen molar-refractivity contribution in [2.45, 2.75) is 45.0 Å². The summed E-state index contributed by atoms with van der Waals surface area (Å²) >= 11 is 5.83. The number of anilines is 1. The highest BCUT2D eigenvalue weighted by Gasteiger charge is 2.25. The van der Waals surface area contributed by atoms with Crippen LogP contribution in [0.4, 0.5) is 5.69 Å². The predicted octanol–water partition coefficient (Wildman–Crippen LogP) is 4.45. The van der Waals surface area contributed by atoms with Crippen LogP contribution in [0.5, 0.6) is 0 Å². The summed E-state index contributed by atoms with van der Waals surface area (Å²) in [6.45, 7) is 11.2. The van der Waals surface area contributed by atoms with Crippen LogP contribution >= 0.6 is 27.7 Å². The molecule has 112 valence electrons. The SMILES string of the molecule is CCNC(C)c1ccc(N2CCSC(C)C2C)cc1Br. The van der Waals surface area contributed by atoms with Crippen LogP contribution in [0.3, 0.4) is 0 Å². The van der Waals surface area contributed by atoms with Gasteiger partial charge < -0.3 is 10.2 Å². The Kier molecular flexibility index (Phi) is 5.82. The minimum absolute atomic E-state index is 0.386. The van der Waals surface area contributed by atoms with Gasteiger partial charge in [-0.05, 0) is 38.1 Å². The van der Waals surface area contributed by atoms with Gasteiger partial charge in [-0.3, -0.25) is 0 Å². The van der Waals surface area contributed by atoms with Crippen LogP contribution in [0.15, 0.2) is 22.7 Å². The van der Waals surface area contributed by atoms with Gasteiger partial charge in [0.25, 0.3) is 0 Å². The lowest BCUT2D eigenvalue weighted by atomic mass is 10.1. The summed E-state index contributed by atoms with van der Waals surface area (Å²) in [5, 5.41) is 4.17. The molecule has 1 aliphatic rings. The zero-order chi connectivity index (χ0) is 14.7. The summed E-state index contributed by atoms with van der Waals surface area (Å²) in [5.74, 6) is 1.22. The lowest BCUT2D eigenvalue weighted by Crippen LogP contribution is -2.44. The topological polar surface area (TPSA) is 15.3 Å². The first-order chi connectivity index (χ1) is 9.54. The highest BCUT2D eigenvalue weighted by molar-refractivity contribution is 9.10. The number of hydrogen-bond donors (Lipinski definition) is 1. The largest absolute Gasteiger partial charge is 0.367 e. The molecule has 0 aliphatic carbocycles. The number of nitrogens with one attached hydrogen (secondary N) is 1. The number of hydrogen-bond acceptors (Lipinski definition) is 3. The van der Waals surface area contributed by atoms with E-state index in [1.807, 2.05) is 0 Å². The van der Waals surface area contributed by atoms with E-state index in [4.69, 9.17) is 0 Å². The normalized spacial score (nSPS) is 24.8. The summed E-state index contributed by atoms with van der Waals surface area (Å²) in [6, 6.07) is 7.79. The molecule has 0 saturated carbocycles. The fraction of sp³-hybridized carbons (Fsp3) is 0.625. The molecule has 2 nitrogen and oxygen atoms in total. The molecule has 1 aromatic carbocycles. The predicted molar refractivity (Wildman–Crippen MR) is 95.0 cm³/mol. The number of thioether (sulfide) groups is 1. The second kappa shape index (κ2) is 7.19. The quantitative estimate of drug-likeness (QED) is 0.857. The van der Waals surface area contributed by atoms with E-state index >= 15 is 0 Å². The lowest BCUT2D eigenvalue weighted by Gasteiger charge is -2.39. The minimum Gasteiger partial charge on any atom is -0.367 e. The summed E-state index contributed by atoms with van der Waals surface area (Å²) in [4.78, 5) is 2.54. The Bertz CT molecular complexity index is 452. The summed E-state index contributed by atoms with van der Waals surface area (Å²) < 4.78 is 1.21. The molecule has 1 aliphatic heterocycles. The number of rotatable bonds is 4. The molecule has 1 N–H and O–H groups in total. The highest BCUT2D eigenvalue weighted by Crippen LogP contribution is 2.33. The number of benzene rings is 1. The first-order valence-electron chi connectivity index (χ1n) is 7.45. The van der Waals surface area contributed by atoms with Crippen molar-refractivity contribution in [3.05, 3.63) is 28.2 Å². The van der Waals surface area contributed by atoms with Gasteiger partial charge in [0, 0.05) is 39.8 Å². The molecule has 0 bridgehead atoms. The van der Waals surface area contributed by atoms with Gasteiger partial charge in [-0.2, -0.15) is 11.8 Å². The molecule has 1 fully saturated rings. The Morgan fingerprint density at radius 2 is 2.20 bits per heavy atom. The third-order valence-corrected chi connectivity index (χ3v) is 6.20. The van der Waals surface area contributed by atoms with Crippen molar-refractivity contribution in [2.24, 2.45) is 0 Å². The van der Waals surface area contributed by atoms with Gasteiger partial charge >= 0.3 is 0 Å². The maximum atomic E-state index is 3.75. The molecule has 2 rings (SSSR count). The Morgan fingerprint density at radius 3 is 2.85 bits per heavy atom. The zero-order valence-electron chi connectivity index (χ0n) is 12.8. The highest BCUT2D eigenvalue weighted by atomic mass is 79.9. The lowest BCUT2D eigenvalue weighted by molar-refractivity contribution is 0.595. The van der Waals surface area contributed by atoms with Crippen molar-refractivity contribution in [3.8, 4) is 0 Å². The van der Waals surface area contributed by atoms with Crippen LogP contribution < -0.4 is 10.2 Å². The fourth-order valence-electron chi connectivity index (χ4n) is 2.76. The van der Waals surface area contributed by atoms with Gasteiger partial charge in [-0.1, -0.05) is 35.8 Å². The molecular weight excluding hydrogens is 332 g/mol. The van der Waals surface area contributed by atoms with Crippen molar-refractivity contribution in [1.29, 1.82) is 0 Å². The number of nitrogens with zero attached hydrogens (tertiary/aromatic N) is 1. The van der Waals surface area contributed by atoms with Gasteiger partial charge in [0.05, 0.1) is 0 Å². The maximum absolute atomic E-state index is 3.75. The smallest absolute Gasteiger partial charge is 0.0380 e. The monoisotopic (exact) mass is 356 g/mol. The van der Waals surface area contributed by atoms with Crippen molar-refractivity contribution in [2.75, 3.05) is 23.7 Å². The first-order valence-corrected chi connectivity index (χ1v) is 9.29. The summed E-state index contributed by atoms with van der Waals surface area (Å²) in [6.07, 6.45) is 0. The fourth-order valence-corrected chi connectivity index (χ4v) is 4.57. The van der Waals surface area contributed by atoms with E-state index in [0.717, 1.165) is 13.1 Å². The van der Waals surface area contributed by atoms with E-state index < -0.39 is 0 Å². The van der Waals surface area contributed by atoms with E-state index in [1.54, 1.807) is 0 Å². The summed E-state index contributed by atoms with van der Waals surface area (Å²) in [5.41, 5.74) is 2.67. The van der Waals surface area contributed by atoms with Crippen molar-refractivity contribution < 1.29 is 0 Å². The molecule has 4 heteroatoms. The van der Waals surface area contributed by atoms with Crippen LogP contribution in [-0.4, -0.2) is 30.1 Å². The van der Waals surface area contributed by atoms with Gasteiger partial charge in [-0.25, -0.2) is 0 Å². The van der Waals surface area contributed by atoms with Crippen LogP contribution in [0, 0.1) is 0 Å².